The molecule has 0 fully saturated rings. The van der Waals surface area contributed by atoms with E-state index >= 15 is 0 Å². The third-order valence-corrected chi connectivity index (χ3v) is 0. The van der Waals surface area contributed by atoms with Gasteiger partial charge < -0.3 is 21.3 Å². The molecule has 0 amide bonds. The SMILES string of the molecule is [CH2-]C.[CH2-]C.[CH3-].[K+].[W]. The van der Waals surface area contributed by atoms with Crippen LogP contribution in [0.2, 0.25) is 0 Å². The van der Waals surface area contributed by atoms with Gasteiger partial charge in [0.1, 0.15) is 0 Å². The Morgan fingerprint density at radius 2 is 0.857 bits per heavy atom. The number of hydrogen-bond acceptors (Lipinski definition) is 0. The fourth-order valence-corrected chi connectivity index (χ4v) is 0. The molecule has 0 saturated heterocycles. The first-order valence-corrected chi connectivity index (χ1v) is 1.41. The van der Waals surface area contributed by atoms with E-state index in [0.717, 1.165) is 0 Å². The van der Waals surface area contributed by atoms with Crippen molar-refractivity contribution in [2.75, 3.05) is 0 Å². The molecular weight excluding hydrogens is 283 g/mol. The van der Waals surface area contributed by atoms with Crippen LogP contribution in [-0.4, -0.2) is 0 Å². The van der Waals surface area contributed by atoms with Crippen LogP contribution in [0.1, 0.15) is 13.8 Å². The molecule has 0 aromatic carbocycles. The third kappa shape index (κ3) is 61.6. The summed E-state index contributed by atoms with van der Waals surface area (Å²) in [6, 6.07) is 0. The van der Waals surface area contributed by atoms with E-state index in [1.807, 2.05) is 0 Å². The molecule has 0 aromatic rings. The van der Waals surface area contributed by atoms with E-state index in [1.165, 1.54) is 0 Å². The van der Waals surface area contributed by atoms with Crippen LogP contribution >= 0.6 is 0 Å². The molecule has 0 radical (unpaired) electrons. The summed E-state index contributed by atoms with van der Waals surface area (Å²) in [5.74, 6) is 0. The van der Waals surface area contributed by atoms with Crippen LogP contribution < -0.4 is 51.4 Å². The molecule has 0 unspecified atom stereocenters. The van der Waals surface area contributed by atoms with Crippen molar-refractivity contribution in [3.63, 3.8) is 0 Å². The largest absolute Gasteiger partial charge is 1.00 e. The number of hydrogen-bond donors (Lipinski definition) is 0. The average molecular weight is 296 g/mol. The minimum Gasteiger partial charge on any atom is -0.358 e. The van der Waals surface area contributed by atoms with Crippen molar-refractivity contribution in [1.29, 1.82) is 0 Å². The zero-order chi connectivity index (χ0) is 4.00. The summed E-state index contributed by atoms with van der Waals surface area (Å²) in [5.41, 5.74) is 0. The molecule has 0 spiro atoms. The molecule has 7 heavy (non-hydrogen) atoms. The van der Waals surface area contributed by atoms with Crippen LogP contribution in [0.25, 0.3) is 0 Å². The van der Waals surface area contributed by atoms with Gasteiger partial charge in [-0.15, -0.1) is 0 Å². The summed E-state index contributed by atoms with van der Waals surface area (Å²) in [5, 5.41) is 0. The van der Waals surface area contributed by atoms with Gasteiger partial charge in [-0.05, 0) is 0 Å². The van der Waals surface area contributed by atoms with Gasteiger partial charge in [0.05, 0.1) is 0 Å². The molecule has 0 aliphatic carbocycles. The van der Waals surface area contributed by atoms with E-state index in [1.54, 1.807) is 13.8 Å². The van der Waals surface area contributed by atoms with Crippen LogP contribution in [0.4, 0.5) is 0 Å². The van der Waals surface area contributed by atoms with Crippen molar-refractivity contribution >= 4 is 0 Å². The maximum atomic E-state index is 3.25. The zero-order valence-corrected chi connectivity index (χ0v) is 11.9. The van der Waals surface area contributed by atoms with Crippen LogP contribution in [0.3, 0.4) is 0 Å². The first-order chi connectivity index (χ1) is 2.00. The molecule has 0 saturated carbocycles. The predicted octanol–water partition coefficient (Wildman–Crippen LogP) is -0.867. The second-order valence-corrected chi connectivity index (χ2v) is 0. The predicted molar refractivity (Wildman–Crippen MR) is 28.5 cm³/mol. The summed E-state index contributed by atoms with van der Waals surface area (Å²) in [6.07, 6.45) is 0. The first-order valence-electron chi connectivity index (χ1n) is 1.41. The second-order valence-electron chi connectivity index (χ2n) is 0. The molecule has 0 aromatic heterocycles. The molecule has 0 aliphatic heterocycles. The number of rotatable bonds is 0. The fourth-order valence-electron chi connectivity index (χ4n) is 0. The first kappa shape index (κ1) is 34.6. The van der Waals surface area contributed by atoms with Gasteiger partial charge in [-0.25, -0.2) is 0 Å². The van der Waals surface area contributed by atoms with Gasteiger partial charge in [-0.2, -0.15) is 13.8 Å². The van der Waals surface area contributed by atoms with Crippen molar-refractivity contribution in [3.05, 3.63) is 21.3 Å². The zero-order valence-electron chi connectivity index (χ0n) is 5.82. The van der Waals surface area contributed by atoms with E-state index in [4.69, 9.17) is 0 Å². The Bertz CT molecular complexity index is 8.04. The van der Waals surface area contributed by atoms with Gasteiger partial charge in [0.15, 0.2) is 0 Å². The molecule has 0 rings (SSSR count). The third-order valence-electron chi connectivity index (χ3n) is 0. The topological polar surface area (TPSA) is 0 Å². The molecule has 42 valence electrons. The van der Waals surface area contributed by atoms with E-state index in [9.17, 15) is 0 Å². The quantitative estimate of drug-likeness (QED) is 0.403. The van der Waals surface area contributed by atoms with Crippen molar-refractivity contribution in [1.82, 2.24) is 0 Å². The van der Waals surface area contributed by atoms with E-state index < -0.39 is 0 Å². The van der Waals surface area contributed by atoms with Gasteiger partial charge in [-0.3, -0.25) is 0 Å². The summed E-state index contributed by atoms with van der Waals surface area (Å²) >= 11 is 0. The van der Waals surface area contributed by atoms with E-state index in [2.05, 4.69) is 13.8 Å². The van der Waals surface area contributed by atoms with Crippen molar-refractivity contribution < 1.29 is 72.4 Å². The van der Waals surface area contributed by atoms with Crippen molar-refractivity contribution in [2.45, 2.75) is 13.8 Å². The molecule has 0 N–H and O–H groups in total. The van der Waals surface area contributed by atoms with E-state index in [-0.39, 0.29) is 79.9 Å². The molecule has 0 atom stereocenters. The molecule has 2 heteroatoms. The monoisotopic (exact) mass is 296 g/mol. The van der Waals surface area contributed by atoms with Crippen LogP contribution in [0.15, 0.2) is 0 Å². The van der Waals surface area contributed by atoms with Crippen molar-refractivity contribution in [2.24, 2.45) is 0 Å². The normalized spacial score (nSPS) is 1.71. The van der Waals surface area contributed by atoms with Crippen LogP contribution in [-0.2, 0) is 21.1 Å². The molecule has 0 heterocycles. The Morgan fingerprint density at radius 1 is 0.857 bits per heavy atom. The summed E-state index contributed by atoms with van der Waals surface area (Å²) in [6.45, 7) is 10.0. The summed E-state index contributed by atoms with van der Waals surface area (Å²) in [4.78, 5) is 0. The molecular formula is C5H13KW-2. The van der Waals surface area contributed by atoms with Gasteiger partial charge in [0.2, 0.25) is 0 Å². The molecule has 0 bridgehead atoms. The van der Waals surface area contributed by atoms with E-state index in [0.29, 0.717) is 0 Å². The Hall–Kier alpha value is 2.32. The summed E-state index contributed by atoms with van der Waals surface area (Å²) in [7, 11) is 0. The van der Waals surface area contributed by atoms with Gasteiger partial charge in [0, 0.05) is 21.1 Å². The van der Waals surface area contributed by atoms with Gasteiger partial charge in [0.25, 0.3) is 0 Å². The standard InChI is InChI=1S/2C2H5.CH3.K.W/c2*1-2;;;/h2*1H2,2H3;1H3;;/q3*-1;+1;. The van der Waals surface area contributed by atoms with Crippen LogP contribution in [0.5, 0.6) is 0 Å². The molecule has 0 aliphatic rings. The minimum absolute atomic E-state index is 0. The van der Waals surface area contributed by atoms with Gasteiger partial charge >= 0.3 is 51.4 Å². The Kier molecular flexibility index (Phi) is 408. The minimum atomic E-state index is 0. The smallest absolute Gasteiger partial charge is 0.358 e. The fraction of sp³-hybridized carbons (Fsp3) is 0.400. The Labute approximate surface area is 106 Å². The van der Waals surface area contributed by atoms with Crippen molar-refractivity contribution in [3.8, 4) is 0 Å². The average Bonchev–Trinajstić information content (AvgIpc) is 1.50. The maximum absolute atomic E-state index is 3.25. The maximum Gasteiger partial charge on any atom is 1.00 e. The van der Waals surface area contributed by atoms with Crippen LogP contribution in [0, 0.1) is 21.3 Å². The molecule has 0 nitrogen and oxygen atoms in total. The second kappa shape index (κ2) is 82.6. The Balaban J connectivity index is -0.00000000267. The Morgan fingerprint density at radius 3 is 0.857 bits per heavy atom. The summed E-state index contributed by atoms with van der Waals surface area (Å²) < 4.78 is 0. The van der Waals surface area contributed by atoms with Gasteiger partial charge in [-0.1, -0.05) is 0 Å².